The summed E-state index contributed by atoms with van der Waals surface area (Å²) in [5, 5.41) is 4.55. The van der Waals surface area contributed by atoms with E-state index >= 15 is 0 Å². The molecule has 1 aliphatic heterocycles. The summed E-state index contributed by atoms with van der Waals surface area (Å²) < 4.78 is 17.0. The van der Waals surface area contributed by atoms with Crippen molar-refractivity contribution in [2.45, 2.75) is 19.0 Å². The van der Waals surface area contributed by atoms with Crippen LogP contribution in [0.25, 0.3) is 5.69 Å². The predicted octanol–water partition coefficient (Wildman–Crippen LogP) is 6.15. The second kappa shape index (κ2) is 8.37. The number of thiocarbonyl (C=S) groups is 1. The Kier molecular flexibility index (Phi) is 5.41. The minimum atomic E-state index is -0.330. The quantitative estimate of drug-likeness (QED) is 0.369. The summed E-state index contributed by atoms with van der Waals surface area (Å²) in [5.41, 5.74) is 4.17. The average Bonchev–Trinajstić information content (AvgIpc) is 3.41. The average molecular weight is 463 g/mol. The first kappa shape index (κ1) is 20.7. The number of aromatic nitrogens is 2. The van der Waals surface area contributed by atoms with E-state index in [0.717, 1.165) is 22.6 Å². The molecule has 1 saturated heterocycles. The van der Waals surface area contributed by atoms with Gasteiger partial charge in [0.2, 0.25) is 0 Å². The van der Waals surface area contributed by atoms with Crippen LogP contribution < -0.4 is 10.2 Å². The number of rotatable bonds is 4. The number of halogens is 2. The van der Waals surface area contributed by atoms with Crippen molar-refractivity contribution >= 4 is 34.6 Å². The van der Waals surface area contributed by atoms with Gasteiger partial charge in [-0.15, -0.1) is 0 Å². The molecule has 2 aromatic heterocycles. The van der Waals surface area contributed by atoms with Gasteiger partial charge in [0.15, 0.2) is 5.11 Å². The lowest BCUT2D eigenvalue weighted by atomic mass is 10.0. The third-order valence-corrected chi connectivity index (χ3v) is 6.45. The van der Waals surface area contributed by atoms with Gasteiger partial charge in [0.1, 0.15) is 11.9 Å². The molecule has 0 unspecified atom stereocenters. The predicted molar refractivity (Wildman–Crippen MR) is 130 cm³/mol. The minimum Gasteiger partial charge on any atom is -0.351 e. The van der Waals surface area contributed by atoms with Crippen LogP contribution in [0.1, 0.15) is 29.0 Å². The van der Waals surface area contributed by atoms with Crippen LogP contribution in [0.5, 0.6) is 0 Å². The fourth-order valence-electron chi connectivity index (χ4n) is 4.21. The molecule has 3 heterocycles. The number of anilines is 1. The molecule has 0 radical (unpaired) electrons. The number of hydrogen-bond donors (Lipinski definition) is 1. The molecular weight excluding hydrogens is 443 g/mol. The molecule has 4 nitrogen and oxygen atoms in total. The Bertz CT molecular complexity index is 1290. The highest BCUT2D eigenvalue weighted by molar-refractivity contribution is 7.80. The van der Waals surface area contributed by atoms with Gasteiger partial charge in [-0.05, 0) is 79.3 Å². The van der Waals surface area contributed by atoms with Crippen molar-refractivity contribution in [1.29, 1.82) is 0 Å². The first-order valence-electron chi connectivity index (χ1n) is 10.2. The largest absolute Gasteiger partial charge is 0.351 e. The van der Waals surface area contributed by atoms with Gasteiger partial charge in [0.05, 0.1) is 17.4 Å². The van der Waals surface area contributed by atoms with Crippen LogP contribution >= 0.6 is 23.8 Å². The van der Waals surface area contributed by atoms with Crippen LogP contribution in [0.4, 0.5) is 10.1 Å². The van der Waals surface area contributed by atoms with E-state index in [0.29, 0.717) is 15.8 Å². The number of benzene rings is 2. The van der Waals surface area contributed by atoms with Gasteiger partial charge in [0.25, 0.3) is 0 Å². The van der Waals surface area contributed by atoms with Crippen molar-refractivity contribution < 1.29 is 4.39 Å². The SMILES string of the molecule is Cc1cc(-n2cccc2[C@H]2[C@@H](c3ccccn3)NC(=S)N2c2ccccc2F)ccc1Cl. The summed E-state index contributed by atoms with van der Waals surface area (Å²) in [6.07, 6.45) is 3.75. The molecule has 0 saturated carbocycles. The molecule has 160 valence electrons. The normalized spacial score (nSPS) is 18.1. The van der Waals surface area contributed by atoms with Crippen LogP contribution in [0, 0.1) is 12.7 Å². The second-order valence-electron chi connectivity index (χ2n) is 7.68. The minimum absolute atomic E-state index is 0.259. The summed E-state index contributed by atoms with van der Waals surface area (Å²) in [4.78, 5) is 6.41. The summed E-state index contributed by atoms with van der Waals surface area (Å²) in [7, 11) is 0. The molecule has 5 rings (SSSR count). The zero-order chi connectivity index (χ0) is 22.2. The van der Waals surface area contributed by atoms with Crippen molar-refractivity contribution in [3.8, 4) is 5.69 Å². The molecular formula is C25H20ClFN4S. The molecule has 2 atom stereocenters. The maximum Gasteiger partial charge on any atom is 0.174 e. The number of nitrogens with one attached hydrogen (secondary N) is 1. The molecule has 7 heteroatoms. The van der Waals surface area contributed by atoms with E-state index in [1.165, 1.54) is 6.07 Å². The van der Waals surface area contributed by atoms with E-state index in [2.05, 4.69) is 14.9 Å². The number of nitrogens with zero attached hydrogens (tertiary/aromatic N) is 3. The zero-order valence-electron chi connectivity index (χ0n) is 17.2. The Labute approximate surface area is 196 Å². The molecule has 1 N–H and O–H groups in total. The van der Waals surface area contributed by atoms with E-state index in [9.17, 15) is 4.39 Å². The Hall–Kier alpha value is -3.22. The number of pyridine rings is 1. The van der Waals surface area contributed by atoms with Gasteiger partial charge in [-0.3, -0.25) is 4.98 Å². The van der Waals surface area contributed by atoms with Crippen LogP contribution in [0.15, 0.2) is 85.2 Å². The van der Waals surface area contributed by atoms with Gasteiger partial charge in [-0.1, -0.05) is 29.8 Å². The third-order valence-electron chi connectivity index (χ3n) is 5.71. The number of para-hydroxylation sites is 1. The Morgan fingerprint density at radius 3 is 2.59 bits per heavy atom. The van der Waals surface area contributed by atoms with Crippen LogP contribution in [0.2, 0.25) is 5.02 Å². The standard InChI is InChI=1S/C25H20ClFN4S/c1-16-15-17(11-12-18(16)26)30-14-6-10-22(30)24-23(20-8-4-5-13-28-20)29-25(32)31(24)21-9-3-2-7-19(21)27/h2-15,23-24H,1H3,(H,29,32)/t23-,24+/m1/s1. The van der Waals surface area contributed by atoms with Crippen molar-refractivity contribution in [1.82, 2.24) is 14.9 Å². The topological polar surface area (TPSA) is 33.1 Å². The molecule has 0 bridgehead atoms. The number of hydrogen-bond acceptors (Lipinski definition) is 2. The van der Waals surface area contributed by atoms with Gasteiger partial charge in [0, 0.05) is 28.8 Å². The molecule has 0 amide bonds. The first-order valence-corrected chi connectivity index (χ1v) is 11.0. The monoisotopic (exact) mass is 462 g/mol. The summed E-state index contributed by atoms with van der Waals surface area (Å²) in [6.45, 7) is 1.98. The summed E-state index contributed by atoms with van der Waals surface area (Å²) in [5.74, 6) is -0.330. The Morgan fingerprint density at radius 2 is 1.84 bits per heavy atom. The lowest BCUT2D eigenvalue weighted by molar-refractivity contribution is 0.542. The molecule has 1 aliphatic rings. The molecule has 2 aromatic carbocycles. The van der Waals surface area contributed by atoms with E-state index < -0.39 is 0 Å². The molecule has 0 spiro atoms. The maximum atomic E-state index is 14.9. The van der Waals surface area contributed by atoms with Crippen molar-refractivity contribution in [2.75, 3.05) is 4.90 Å². The van der Waals surface area contributed by atoms with E-state index in [1.54, 1.807) is 18.3 Å². The molecule has 32 heavy (non-hydrogen) atoms. The highest BCUT2D eigenvalue weighted by atomic mass is 35.5. The van der Waals surface area contributed by atoms with Gasteiger partial charge >= 0.3 is 0 Å². The van der Waals surface area contributed by atoms with Gasteiger partial charge in [-0.25, -0.2) is 4.39 Å². The highest BCUT2D eigenvalue weighted by Crippen LogP contribution is 2.43. The Morgan fingerprint density at radius 1 is 1.03 bits per heavy atom. The lowest BCUT2D eigenvalue weighted by Crippen LogP contribution is -2.31. The van der Waals surface area contributed by atoms with E-state index in [1.807, 2.05) is 72.6 Å². The van der Waals surface area contributed by atoms with Gasteiger partial charge in [-0.2, -0.15) is 0 Å². The third kappa shape index (κ3) is 3.55. The molecule has 1 fully saturated rings. The lowest BCUT2D eigenvalue weighted by Gasteiger charge is -2.29. The Balaban J connectivity index is 1.69. The molecule has 0 aliphatic carbocycles. The van der Waals surface area contributed by atoms with Crippen LogP contribution in [0.3, 0.4) is 0 Å². The fraction of sp³-hybridized carbons (Fsp3) is 0.120. The highest BCUT2D eigenvalue weighted by Gasteiger charge is 2.43. The fourth-order valence-corrected chi connectivity index (χ4v) is 4.67. The zero-order valence-corrected chi connectivity index (χ0v) is 18.8. The van der Waals surface area contributed by atoms with Crippen molar-refractivity contribution in [3.05, 3.63) is 113 Å². The van der Waals surface area contributed by atoms with Gasteiger partial charge < -0.3 is 14.8 Å². The maximum absolute atomic E-state index is 14.9. The van der Waals surface area contributed by atoms with Crippen molar-refractivity contribution in [2.24, 2.45) is 0 Å². The second-order valence-corrected chi connectivity index (χ2v) is 8.48. The van der Waals surface area contributed by atoms with Crippen LogP contribution in [-0.4, -0.2) is 14.7 Å². The molecule has 4 aromatic rings. The number of aryl methyl sites for hydroxylation is 1. The van der Waals surface area contributed by atoms with E-state index in [4.69, 9.17) is 23.8 Å². The summed E-state index contributed by atoms with van der Waals surface area (Å²) >= 11 is 12.0. The van der Waals surface area contributed by atoms with Crippen LogP contribution in [-0.2, 0) is 0 Å². The first-order chi connectivity index (χ1) is 15.5. The smallest absolute Gasteiger partial charge is 0.174 e. The van der Waals surface area contributed by atoms with E-state index in [-0.39, 0.29) is 17.9 Å². The summed E-state index contributed by atoms with van der Waals surface area (Å²) in [6, 6.07) is 21.8. The van der Waals surface area contributed by atoms with Crippen molar-refractivity contribution in [3.63, 3.8) is 0 Å².